The molecular formula is C25H33N7O2S. The molecule has 2 aromatic rings. The van der Waals surface area contributed by atoms with Crippen molar-refractivity contribution in [1.82, 2.24) is 19.8 Å². The Hall–Kier alpha value is -3.45. The van der Waals surface area contributed by atoms with Crippen LogP contribution in [0.1, 0.15) is 32.0 Å². The van der Waals surface area contributed by atoms with Crippen LogP contribution in [-0.4, -0.2) is 78.0 Å². The maximum absolute atomic E-state index is 12.3. The van der Waals surface area contributed by atoms with Gasteiger partial charge in [-0.2, -0.15) is 5.26 Å². The molecule has 1 saturated heterocycles. The first-order chi connectivity index (χ1) is 16.6. The second-order valence-electron chi connectivity index (χ2n) is 9.34. The van der Waals surface area contributed by atoms with Gasteiger partial charge >= 0.3 is 6.09 Å². The summed E-state index contributed by atoms with van der Waals surface area (Å²) in [5.41, 5.74) is 2.37. The number of benzene rings is 1. The number of aromatic nitrogens is 2. The van der Waals surface area contributed by atoms with E-state index < -0.39 is 5.60 Å². The Morgan fingerprint density at radius 1 is 1.17 bits per heavy atom. The van der Waals surface area contributed by atoms with Gasteiger partial charge in [0.15, 0.2) is 11.0 Å². The Bertz CT molecular complexity index is 1100. The highest BCUT2D eigenvalue weighted by Gasteiger charge is 2.26. The van der Waals surface area contributed by atoms with E-state index in [9.17, 15) is 10.1 Å². The first-order valence-corrected chi connectivity index (χ1v) is 12.6. The standard InChI is InChI=1S/C25H33N7O2S/c1-25(2,3)34-24(33)32-15-13-31(14-16-32)19-9-7-18(8-10-19)27-22-20(17-26)21(11-12-30(4)5)28-23(29-22)35-6/h7-12H,13-16H2,1-6H3,(H,27,28,29)/b12-11+. The molecule has 0 bridgehead atoms. The van der Waals surface area contributed by atoms with Crippen molar-refractivity contribution in [3.05, 3.63) is 41.7 Å². The van der Waals surface area contributed by atoms with Crippen LogP contribution in [-0.2, 0) is 4.74 Å². The number of thioether (sulfide) groups is 1. The monoisotopic (exact) mass is 495 g/mol. The van der Waals surface area contributed by atoms with Crippen molar-refractivity contribution < 1.29 is 9.53 Å². The molecule has 1 aromatic heterocycles. The van der Waals surface area contributed by atoms with E-state index in [-0.39, 0.29) is 6.09 Å². The number of rotatable bonds is 6. The van der Waals surface area contributed by atoms with Crippen molar-refractivity contribution in [1.29, 1.82) is 5.26 Å². The predicted octanol–water partition coefficient (Wildman–Crippen LogP) is 4.40. The molecule has 10 heteroatoms. The highest BCUT2D eigenvalue weighted by Crippen LogP contribution is 2.26. The second-order valence-corrected chi connectivity index (χ2v) is 10.1. The van der Waals surface area contributed by atoms with Crippen molar-refractivity contribution >= 4 is 41.1 Å². The molecule has 186 valence electrons. The minimum atomic E-state index is -0.494. The zero-order valence-corrected chi connectivity index (χ0v) is 22.0. The molecule has 0 saturated carbocycles. The van der Waals surface area contributed by atoms with Gasteiger partial charge in [-0.05, 0) is 57.4 Å². The van der Waals surface area contributed by atoms with E-state index in [4.69, 9.17) is 4.74 Å². The fraction of sp³-hybridized carbons (Fsp3) is 0.440. The number of carbonyl (C=O) groups is 1. The Morgan fingerprint density at radius 3 is 2.37 bits per heavy atom. The summed E-state index contributed by atoms with van der Waals surface area (Å²) in [4.78, 5) is 27.2. The molecule has 1 aromatic carbocycles. The molecule has 1 fully saturated rings. The highest BCUT2D eigenvalue weighted by molar-refractivity contribution is 7.98. The molecular weight excluding hydrogens is 462 g/mol. The lowest BCUT2D eigenvalue weighted by atomic mass is 10.2. The van der Waals surface area contributed by atoms with E-state index in [2.05, 4.69) is 26.3 Å². The number of ether oxygens (including phenoxy) is 1. The first-order valence-electron chi connectivity index (χ1n) is 11.4. The van der Waals surface area contributed by atoms with Crippen LogP contribution in [0.15, 0.2) is 35.6 Å². The SMILES string of the molecule is CSc1nc(/C=C/N(C)C)c(C#N)c(Nc2ccc(N3CCN(C(=O)OC(C)(C)C)CC3)cc2)n1. The quantitative estimate of drug-likeness (QED) is 0.462. The summed E-state index contributed by atoms with van der Waals surface area (Å²) in [5.74, 6) is 0.476. The smallest absolute Gasteiger partial charge is 0.410 e. The van der Waals surface area contributed by atoms with E-state index in [1.807, 2.05) is 82.6 Å². The Balaban J connectivity index is 1.70. The molecule has 3 rings (SSSR count). The number of anilines is 3. The number of carbonyl (C=O) groups excluding carboxylic acids is 1. The molecule has 0 atom stereocenters. The van der Waals surface area contributed by atoms with Gasteiger partial charge in [0.05, 0.1) is 5.69 Å². The van der Waals surface area contributed by atoms with Crippen LogP contribution in [0.3, 0.4) is 0 Å². The third kappa shape index (κ3) is 7.26. The van der Waals surface area contributed by atoms with Crippen molar-refractivity contribution in [3.8, 4) is 6.07 Å². The number of hydrogen-bond donors (Lipinski definition) is 1. The average Bonchev–Trinajstić information content (AvgIpc) is 2.82. The molecule has 35 heavy (non-hydrogen) atoms. The third-order valence-corrected chi connectivity index (χ3v) is 5.72. The molecule has 0 aliphatic carbocycles. The Morgan fingerprint density at radius 2 is 1.83 bits per heavy atom. The van der Waals surface area contributed by atoms with E-state index in [0.29, 0.717) is 35.3 Å². The fourth-order valence-electron chi connectivity index (χ4n) is 3.46. The molecule has 1 amide bonds. The zero-order valence-electron chi connectivity index (χ0n) is 21.2. The van der Waals surface area contributed by atoms with Crippen LogP contribution >= 0.6 is 11.8 Å². The molecule has 1 aliphatic heterocycles. The topological polar surface area (TPSA) is 97.6 Å². The normalized spacial score (nSPS) is 14.1. The van der Waals surface area contributed by atoms with Crippen molar-refractivity contribution in [3.63, 3.8) is 0 Å². The minimum absolute atomic E-state index is 0.265. The Kier molecular flexibility index (Phi) is 8.46. The summed E-state index contributed by atoms with van der Waals surface area (Å²) in [7, 11) is 3.83. The van der Waals surface area contributed by atoms with Crippen molar-refractivity contribution in [2.24, 2.45) is 0 Å². The lowest BCUT2D eigenvalue weighted by molar-refractivity contribution is 0.0240. The van der Waals surface area contributed by atoms with Crippen LogP contribution in [0.4, 0.5) is 22.0 Å². The average molecular weight is 496 g/mol. The summed E-state index contributed by atoms with van der Waals surface area (Å²) < 4.78 is 5.48. The summed E-state index contributed by atoms with van der Waals surface area (Å²) in [5, 5.41) is 13.6. The first kappa shape index (κ1) is 26.2. The van der Waals surface area contributed by atoms with Crippen molar-refractivity contribution in [2.45, 2.75) is 31.5 Å². The van der Waals surface area contributed by atoms with Gasteiger partial charge in [0.2, 0.25) is 0 Å². The molecule has 0 radical (unpaired) electrons. The summed E-state index contributed by atoms with van der Waals surface area (Å²) in [6, 6.07) is 10.2. The second kappa shape index (κ2) is 11.3. The van der Waals surface area contributed by atoms with Gasteiger partial charge in [-0.3, -0.25) is 0 Å². The summed E-state index contributed by atoms with van der Waals surface area (Å²) >= 11 is 1.42. The van der Waals surface area contributed by atoms with E-state index >= 15 is 0 Å². The third-order valence-electron chi connectivity index (χ3n) is 5.17. The van der Waals surface area contributed by atoms with Crippen molar-refractivity contribution in [2.75, 3.05) is 56.7 Å². The molecule has 1 N–H and O–H groups in total. The van der Waals surface area contributed by atoms with Gasteiger partial charge in [0, 0.05) is 57.8 Å². The van der Waals surface area contributed by atoms with Crippen LogP contribution in [0.25, 0.3) is 6.08 Å². The van der Waals surface area contributed by atoms with Gasteiger partial charge in [-0.1, -0.05) is 11.8 Å². The number of amides is 1. The van der Waals surface area contributed by atoms with Crippen LogP contribution in [0.5, 0.6) is 0 Å². The maximum Gasteiger partial charge on any atom is 0.410 e. The fourth-order valence-corrected chi connectivity index (χ4v) is 3.83. The largest absolute Gasteiger partial charge is 0.444 e. The van der Waals surface area contributed by atoms with Gasteiger partial charge < -0.3 is 24.8 Å². The number of nitrogens with zero attached hydrogens (tertiary/aromatic N) is 6. The van der Waals surface area contributed by atoms with Gasteiger partial charge in [0.25, 0.3) is 0 Å². The predicted molar refractivity (Wildman–Crippen MR) is 141 cm³/mol. The summed E-state index contributed by atoms with van der Waals surface area (Å²) in [6.07, 6.45) is 5.31. The number of nitriles is 1. The number of nitrogens with one attached hydrogen (secondary N) is 1. The lowest BCUT2D eigenvalue weighted by Gasteiger charge is -2.36. The van der Waals surface area contributed by atoms with Crippen LogP contribution in [0, 0.1) is 11.3 Å². The maximum atomic E-state index is 12.3. The number of hydrogen-bond acceptors (Lipinski definition) is 9. The molecule has 2 heterocycles. The van der Waals surface area contributed by atoms with E-state index in [1.54, 1.807) is 4.90 Å². The number of piperazine rings is 1. The molecule has 0 unspecified atom stereocenters. The Labute approximate surface area is 211 Å². The molecule has 0 spiro atoms. The lowest BCUT2D eigenvalue weighted by Crippen LogP contribution is -2.50. The molecule has 9 nitrogen and oxygen atoms in total. The van der Waals surface area contributed by atoms with Gasteiger partial charge in [-0.25, -0.2) is 14.8 Å². The summed E-state index contributed by atoms with van der Waals surface area (Å²) in [6.45, 7) is 8.32. The van der Waals surface area contributed by atoms with Gasteiger partial charge in [-0.15, -0.1) is 0 Å². The van der Waals surface area contributed by atoms with Crippen LogP contribution < -0.4 is 10.2 Å². The minimum Gasteiger partial charge on any atom is -0.444 e. The molecule has 1 aliphatic rings. The van der Waals surface area contributed by atoms with Crippen LogP contribution in [0.2, 0.25) is 0 Å². The highest BCUT2D eigenvalue weighted by atomic mass is 32.2. The van der Waals surface area contributed by atoms with Gasteiger partial charge in [0.1, 0.15) is 17.2 Å². The van der Waals surface area contributed by atoms with E-state index in [1.165, 1.54) is 11.8 Å². The van der Waals surface area contributed by atoms with E-state index in [0.717, 1.165) is 24.5 Å². The zero-order chi connectivity index (χ0) is 25.6.